The molecular formula is C18H24N6O2. The Bertz CT molecular complexity index is 770. The van der Waals surface area contributed by atoms with Crippen LogP contribution in [0, 0.1) is 0 Å². The second kappa shape index (κ2) is 8.09. The van der Waals surface area contributed by atoms with Gasteiger partial charge in [-0.15, -0.1) is 0 Å². The van der Waals surface area contributed by atoms with Gasteiger partial charge in [-0.1, -0.05) is 6.92 Å². The molecule has 1 aliphatic rings. The van der Waals surface area contributed by atoms with E-state index in [9.17, 15) is 9.59 Å². The maximum Gasteiger partial charge on any atom is 0.247 e. The highest BCUT2D eigenvalue weighted by Gasteiger charge is 2.33. The van der Waals surface area contributed by atoms with Gasteiger partial charge in [-0.3, -0.25) is 14.7 Å². The fraction of sp³-hybridized carbons (Fsp3) is 0.444. The van der Waals surface area contributed by atoms with Crippen molar-refractivity contribution in [1.82, 2.24) is 20.1 Å². The highest BCUT2D eigenvalue weighted by molar-refractivity contribution is 5.97. The van der Waals surface area contributed by atoms with Gasteiger partial charge in [0, 0.05) is 24.2 Å². The Morgan fingerprint density at radius 2 is 2.12 bits per heavy atom. The summed E-state index contributed by atoms with van der Waals surface area (Å²) in [5, 5.41) is 9.78. The zero-order valence-electron chi connectivity index (χ0n) is 14.9. The number of carbonyl (C=O) groups excluding carboxylic acids is 2. The second-order valence-electron chi connectivity index (χ2n) is 6.37. The average molecular weight is 356 g/mol. The summed E-state index contributed by atoms with van der Waals surface area (Å²) >= 11 is 0. The topological polar surface area (TPSA) is 117 Å². The molecule has 0 radical (unpaired) electrons. The molecule has 8 heteroatoms. The molecule has 0 aliphatic carbocycles. The summed E-state index contributed by atoms with van der Waals surface area (Å²) in [6, 6.07) is 6.91. The molecule has 1 fully saturated rings. The van der Waals surface area contributed by atoms with Crippen molar-refractivity contribution in [2.45, 2.75) is 45.2 Å². The quantitative estimate of drug-likeness (QED) is 0.728. The lowest BCUT2D eigenvalue weighted by atomic mass is 10.1. The highest BCUT2D eigenvalue weighted by Crippen LogP contribution is 2.22. The van der Waals surface area contributed by atoms with Gasteiger partial charge in [0.1, 0.15) is 11.9 Å². The van der Waals surface area contributed by atoms with Crippen molar-refractivity contribution in [3.8, 4) is 11.4 Å². The fourth-order valence-corrected chi connectivity index (χ4v) is 3.14. The summed E-state index contributed by atoms with van der Waals surface area (Å²) in [6.45, 7) is 2.93. The molecule has 1 aliphatic heterocycles. The summed E-state index contributed by atoms with van der Waals surface area (Å²) < 4.78 is 0. The van der Waals surface area contributed by atoms with E-state index in [-0.39, 0.29) is 17.9 Å². The molecule has 4 N–H and O–H groups in total. The van der Waals surface area contributed by atoms with Crippen molar-refractivity contribution in [3.05, 3.63) is 30.1 Å². The number of nitrogens with two attached hydrogens (primary N) is 1. The molecular weight excluding hydrogens is 332 g/mol. The monoisotopic (exact) mass is 356 g/mol. The number of amides is 2. The maximum absolute atomic E-state index is 12.6. The minimum Gasteiger partial charge on any atom is -0.331 e. The first-order valence-corrected chi connectivity index (χ1v) is 8.94. The van der Waals surface area contributed by atoms with Gasteiger partial charge >= 0.3 is 0 Å². The Hall–Kier alpha value is -2.74. The summed E-state index contributed by atoms with van der Waals surface area (Å²) in [5.41, 5.74) is 7.04. The predicted octanol–water partition coefficient (Wildman–Crippen LogP) is 1.66. The lowest BCUT2D eigenvalue weighted by Gasteiger charge is -2.23. The molecule has 2 heterocycles. The van der Waals surface area contributed by atoms with Crippen molar-refractivity contribution in [1.29, 1.82) is 0 Å². The van der Waals surface area contributed by atoms with Crippen LogP contribution in [0.3, 0.4) is 0 Å². The molecule has 0 spiro atoms. The van der Waals surface area contributed by atoms with Crippen LogP contribution in [0.5, 0.6) is 0 Å². The Balaban J connectivity index is 1.65. The second-order valence-corrected chi connectivity index (χ2v) is 6.37. The predicted molar refractivity (Wildman–Crippen MR) is 98.0 cm³/mol. The molecule has 1 aromatic carbocycles. The van der Waals surface area contributed by atoms with Crippen LogP contribution in [0.4, 0.5) is 5.69 Å². The van der Waals surface area contributed by atoms with Gasteiger partial charge in [-0.25, -0.2) is 4.98 Å². The lowest BCUT2D eigenvalue weighted by molar-refractivity contribution is -0.136. The van der Waals surface area contributed by atoms with Crippen LogP contribution in [-0.2, 0) is 16.1 Å². The highest BCUT2D eigenvalue weighted by atomic mass is 16.2. The zero-order valence-corrected chi connectivity index (χ0v) is 14.9. The minimum absolute atomic E-state index is 0.0563. The third-order valence-corrected chi connectivity index (χ3v) is 4.48. The number of rotatable bonds is 6. The molecule has 1 aromatic heterocycles. The van der Waals surface area contributed by atoms with Gasteiger partial charge in [0.2, 0.25) is 11.8 Å². The number of aromatic amines is 1. The van der Waals surface area contributed by atoms with E-state index in [1.54, 1.807) is 17.0 Å². The third kappa shape index (κ3) is 3.91. The number of anilines is 1. The molecule has 1 saturated heterocycles. The van der Waals surface area contributed by atoms with Gasteiger partial charge < -0.3 is 16.0 Å². The molecule has 138 valence electrons. The summed E-state index contributed by atoms with van der Waals surface area (Å²) in [4.78, 5) is 30.7. The van der Waals surface area contributed by atoms with Crippen molar-refractivity contribution in [2.24, 2.45) is 5.73 Å². The Labute approximate surface area is 152 Å². The van der Waals surface area contributed by atoms with Gasteiger partial charge in [0.15, 0.2) is 5.82 Å². The van der Waals surface area contributed by atoms with Gasteiger partial charge in [0.05, 0.1) is 6.54 Å². The van der Waals surface area contributed by atoms with E-state index in [1.165, 1.54) is 0 Å². The molecule has 3 rings (SSSR count). The third-order valence-electron chi connectivity index (χ3n) is 4.48. The number of nitrogens with zero attached hydrogens (tertiary/aromatic N) is 3. The standard InChI is InChI=1S/C18H24N6O2/c1-2-4-16(25)24-10-3-5-14(24)18(26)20-13-8-6-12(7-9-13)17-21-15(11-19)22-23-17/h6-9,14H,2-5,10-11,19H2,1H3,(H,20,26)(H,21,22,23). The van der Waals surface area contributed by atoms with E-state index < -0.39 is 0 Å². The Kier molecular flexibility index (Phi) is 5.62. The Morgan fingerprint density at radius 1 is 1.35 bits per heavy atom. The van der Waals surface area contributed by atoms with Crippen LogP contribution in [0.2, 0.25) is 0 Å². The SMILES string of the molecule is CCCC(=O)N1CCCC1C(=O)Nc1ccc(-c2n[nH]c(CN)n2)cc1. The molecule has 1 atom stereocenters. The number of likely N-dealkylation sites (tertiary alicyclic amines) is 1. The molecule has 26 heavy (non-hydrogen) atoms. The van der Waals surface area contributed by atoms with Crippen molar-refractivity contribution in [3.63, 3.8) is 0 Å². The van der Waals surface area contributed by atoms with Crippen LogP contribution < -0.4 is 11.1 Å². The van der Waals surface area contributed by atoms with Crippen molar-refractivity contribution in [2.75, 3.05) is 11.9 Å². The minimum atomic E-state index is -0.381. The van der Waals surface area contributed by atoms with Gasteiger partial charge in [0.25, 0.3) is 0 Å². The lowest BCUT2D eigenvalue weighted by Crippen LogP contribution is -2.43. The molecule has 8 nitrogen and oxygen atoms in total. The number of hydrogen-bond donors (Lipinski definition) is 3. The van der Waals surface area contributed by atoms with Crippen LogP contribution in [0.15, 0.2) is 24.3 Å². The van der Waals surface area contributed by atoms with Gasteiger partial charge in [-0.2, -0.15) is 5.10 Å². The van der Waals surface area contributed by atoms with Crippen molar-refractivity contribution < 1.29 is 9.59 Å². The number of nitrogens with one attached hydrogen (secondary N) is 2. The molecule has 1 unspecified atom stereocenters. The molecule has 0 saturated carbocycles. The van der Waals surface area contributed by atoms with Crippen LogP contribution >= 0.6 is 0 Å². The van der Waals surface area contributed by atoms with E-state index in [0.29, 0.717) is 43.3 Å². The summed E-state index contributed by atoms with van der Waals surface area (Å²) in [5.74, 6) is 1.11. The van der Waals surface area contributed by atoms with E-state index >= 15 is 0 Å². The largest absolute Gasteiger partial charge is 0.331 e. The number of carbonyl (C=O) groups is 2. The van der Waals surface area contributed by atoms with E-state index in [4.69, 9.17) is 5.73 Å². The zero-order chi connectivity index (χ0) is 18.5. The van der Waals surface area contributed by atoms with E-state index in [0.717, 1.165) is 18.4 Å². The van der Waals surface area contributed by atoms with Gasteiger partial charge in [-0.05, 0) is 43.5 Å². The normalized spacial score (nSPS) is 16.7. The fourth-order valence-electron chi connectivity index (χ4n) is 3.14. The van der Waals surface area contributed by atoms with Crippen LogP contribution in [0.25, 0.3) is 11.4 Å². The van der Waals surface area contributed by atoms with E-state index in [2.05, 4.69) is 20.5 Å². The average Bonchev–Trinajstić information content (AvgIpc) is 3.32. The summed E-state index contributed by atoms with van der Waals surface area (Å²) in [7, 11) is 0. The first-order valence-electron chi connectivity index (χ1n) is 8.94. The molecule has 0 bridgehead atoms. The smallest absolute Gasteiger partial charge is 0.247 e. The molecule has 2 amide bonds. The van der Waals surface area contributed by atoms with Crippen LogP contribution in [0.1, 0.15) is 38.4 Å². The first-order chi connectivity index (χ1) is 12.6. The molecule has 2 aromatic rings. The number of H-pyrrole nitrogens is 1. The maximum atomic E-state index is 12.6. The first kappa shape index (κ1) is 18.1. The number of hydrogen-bond acceptors (Lipinski definition) is 5. The number of aromatic nitrogens is 3. The number of benzene rings is 1. The van der Waals surface area contributed by atoms with E-state index in [1.807, 2.05) is 19.1 Å². The van der Waals surface area contributed by atoms with Crippen molar-refractivity contribution >= 4 is 17.5 Å². The van der Waals surface area contributed by atoms with Crippen LogP contribution in [-0.4, -0.2) is 44.5 Å². The Morgan fingerprint density at radius 3 is 2.77 bits per heavy atom. The summed E-state index contributed by atoms with van der Waals surface area (Å²) in [6.07, 6.45) is 2.84.